The zero-order valence-corrected chi connectivity index (χ0v) is 16.3. The molecule has 0 aromatic heterocycles. The van der Waals surface area contributed by atoms with Gasteiger partial charge in [0.15, 0.2) is 0 Å². The fraction of sp³-hybridized carbons (Fsp3) is 0.227. The molecule has 1 fully saturated rings. The van der Waals surface area contributed by atoms with Crippen LogP contribution in [0.5, 0.6) is 5.75 Å². The minimum absolute atomic E-state index is 0.147. The van der Waals surface area contributed by atoms with Gasteiger partial charge in [0.2, 0.25) is 5.91 Å². The summed E-state index contributed by atoms with van der Waals surface area (Å²) in [5.41, 5.74) is 1.67. The van der Waals surface area contributed by atoms with Crippen LogP contribution in [0.15, 0.2) is 48.2 Å². The van der Waals surface area contributed by atoms with E-state index in [9.17, 15) is 19.2 Å². The van der Waals surface area contributed by atoms with Crippen LogP contribution >= 0.6 is 0 Å². The maximum Gasteiger partial charge on any atom is 0.271 e. The molecule has 3 rings (SSSR count). The fourth-order valence-corrected chi connectivity index (χ4v) is 3.31. The Morgan fingerprint density at radius 3 is 2.48 bits per heavy atom. The molecule has 0 aliphatic carbocycles. The van der Waals surface area contributed by atoms with Crippen molar-refractivity contribution >= 4 is 17.9 Å². The molecule has 2 amide bonds. The molecule has 1 heterocycles. The highest BCUT2D eigenvalue weighted by atomic mass is 19.1. The van der Waals surface area contributed by atoms with E-state index in [2.05, 4.69) is 6.07 Å². The summed E-state index contributed by atoms with van der Waals surface area (Å²) in [6.45, 7) is 0. The van der Waals surface area contributed by atoms with Crippen LogP contribution in [0, 0.1) is 17.1 Å². The van der Waals surface area contributed by atoms with Crippen LogP contribution in [0.25, 0.3) is 6.08 Å². The Kier molecular flexibility index (Phi) is 5.64. The van der Waals surface area contributed by atoms with Crippen LogP contribution in [-0.4, -0.2) is 48.9 Å². The molecular weight excluding hydrogens is 373 g/mol. The van der Waals surface area contributed by atoms with E-state index >= 15 is 0 Å². The molecule has 0 saturated carbocycles. The molecule has 1 aliphatic heterocycles. The van der Waals surface area contributed by atoms with Crippen LogP contribution in [-0.2, 0) is 16.0 Å². The first-order valence-electron chi connectivity index (χ1n) is 8.95. The number of methoxy groups -OCH3 is 1. The molecule has 148 valence electrons. The molecule has 0 spiro atoms. The SMILES string of the molecule is COc1cccc(C#N)c1C=C1C(=O)N(C)C(Cc2ccc(F)cc2)C(=O)N1C. The molecule has 1 saturated heterocycles. The lowest BCUT2D eigenvalue weighted by Gasteiger charge is -2.38. The molecule has 6 nitrogen and oxygen atoms in total. The Hall–Kier alpha value is -3.66. The van der Waals surface area contributed by atoms with E-state index < -0.39 is 6.04 Å². The van der Waals surface area contributed by atoms with Gasteiger partial charge >= 0.3 is 0 Å². The molecule has 0 radical (unpaired) electrons. The van der Waals surface area contributed by atoms with Crippen molar-refractivity contribution in [3.63, 3.8) is 0 Å². The fourth-order valence-electron chi connectivity index (χ4n) is 3.31. The van der Waals surface area contributed by atoms with E-state index in [4.69, 9.17) is 4.74 Å². The minimum Gasteiger partial charge on any atom is -0.496 e. The van der Waals surface area contributed by atoms with Gasteiger partial charge in [0.25, 0.3) is 5.91 Å². The molecule has 7 heteroatoms. The summed E-state index contributed by atoms with van der Waals surface area (Å²) in [4.78, 5) is 28.7. The van der Waals surface area contributed by atoms with Crippen molar-refractivity contribution < 1.29 is 18.7 Å². The van der Waals surface area contributed by atoms with Gasteiger partial charge in [0.1, 0.15) is 23.3 Å². The number of nitriles is 1. The number of likely N-dealkylation sites (N-methyl/N-ethyl adjacent to an activating group) is 2. The Bertz CT molecular complexity index is 1020. The quantitative estimate of drug-likeness (QED) is 0.749. The lowest BCUT2D eigenvalue weighted by molar-refractivity contribution is -0.148. The zero-order chi connectivity index (χ0) is 21.1. The van der Waals surface area contributed by atoms with Gasteiger partial charge in [0, 0.05) is 26.1 Å². The third kappa shape index (κ3) is 3.83. The van der Waals surface area contributed by atoms with Gasteiger partial charge in [-0.2, -0.15) is 5.26 Å². The van der Waals surface area contributed by atoms with Crippen molar-refractivity contribution in [2.75, 3.05) is 21.2 Å². The highest BCUT2D eigenvalue weighted by molar-refractivity contribution is 6.07. The van der Waals surface area contributed by atoms with Gasteiger partial charge in [-0.3, -0.25) is 9.59 Å². The highest BCUT2D eigenvalue weighted by Crippen LogP contribution is 2.28. The van der Waals surface area contributed by atoms with Crippen LogP contribution in [0.2, 0.25) is 0 Å². The third-order valence-electron chi connectivity index (χ3n) is 5.01. The molecule has 2 aromatic rings. The third-order valence-corrected chi connectivity index (χ3v) is 5.01. The summed E-state index contributed by atoms with van der Waals surface area (Å²) in [6.07, 6.45) is 1.78. The van der Waals surface area contributed by atoms with E-state index in [-0.39, 0.29) is 29.7 Å². The first-order valence-corrected chi connectivity index (χ1v) is 8.95. The van der Waals surface area contributed by atoms with E-state index in [1.54, 1.807) is 37.4 Å². The number of piperazine rings is 1. The van der Waals surface area contributed by atoms with Crippen molar-refractivity contribution in [3.05, 3.63) is 70.7 Å². The van der Waals surface area contributed by atoms with E-state index in [0.717, 1.165) is 5.56 Å². The number of carbonyl (C=O) groups excluding carboxylic acids is 2. The van der Waals surface area contributed by atoms with Gasteiger partial charge in [-0.25, -0.2) is 4.39 Å². The molecule has 2 aromatic carbocycles. The topological polar surface area (TPSA) is 73.6 Å². The Balaban J connectivity index is 1.96. The molecule has 0 N–H and O–H groups in total. The second-order valence-corrected chi connectivity index (χ2v) is 6.72. The first-order chi connectivity index (χ1) is 13.9. The van der Waals surface area contributed by atoms with Crippen LogP contribution in [0.3, 0.4) is 0 Å². The average molecular weight is 393 g/mol. The predicted octanol–water partition coefficient (Wildman–Crippen LogP) is 2.59. The molecule has 29 heavy (non-hydrogen) atoms. The highest BCUT2D eigenvalue weighted by Gasteiger charge is 2.39. The number of halogens is 1. The average Bonchev–Trinajstić information content (AvgIpc) is 2.74. The Morgan fingerprint density at radius 2 is 1.86 bits per heavy atom. The molecule has 1 unspecified atom stereocenters. The maximum absolute atomic E-state index is 13.1. The summed E-state index contributed by atoms with van der Waals surface area (Å²) in [5, 5.41) is 9.39. The molecule has 0 bridgehead atoms. The number of carbonyl (C=O) groups is 2. The van der Waals surface area contributed by atoms with Crippen molar-refractivity contribution in [1.82, 2.24) is 9.80 Å². The standard InChI is InChI=1S/C22H20FN3O3/c1-25-18(11-14-7-9-16(23)10-8-14)21(27)26(2)19(22(25)28)12-17-15(13-24)5-4-6-20(17)29-3/h4-10,12,18H,11H2,1-3H3. The van der Waals surface area contributed by atoms with Gasteiger partial charge in [-0.05, 0) is 35.9 Å². The minimum atomic E-state index is -0.705. The molecule has 1 atom stereocenters. The summed E-state index contributed by atoms with van der Waals surface area (Å²) >= 11 is 0. The van der Waals surface area contributed by atoms with Crippen LogP contribution in [0.4, 0.5) is 4.39 Å². The normalized spacial score (nSPS) is 18.2. The van der Waals surface area contributed by atoms with E-state index in [1.807, 2.05) is 0 Å². The van der Waals surface area contributed by atoms with Gasteiger partial charge in [-0.1, -0.05) is 18.2 Å². The van der Waals surface area contributed by atoms with Gasteiger partial charge < -0.3 is 14.5 Å². The Labute approximate surface area is 168 Å². The number of nitrogens with zero attached hydrogens (tertiary/aromatic N) is 3. The number of rotatable bonds is 4. The van der Waals surface area contributed by atoms with Gasteiger partial charge in [-0.15, -0.1) is 0 Å². The smallest absolute Gasteiger partial charge is 0.271 e. The maximum atomic E-state index is 13.1. The van der Waals surface area contributed by atoms with E-state index in [0.29, 0.717) is 16.9 Å². The predicted molar refractivity (Wildman–Crippen MR) is 105 cm³/mol. The van der Waals surface area contributed by atoms with Gasteiger partial charge in [0.05, 0.1) is 18.7 Å². The van der Waals surface area contributed by atoms with Crippen LogP contribution in [0.1, 0.15) is 16.7 Å². The summed E-state index contributed by atoms with van der Waals surface area (Å²) in [5.74, 6) is -0.549. The number of hydrogen-bond acceptors (Lipinski definition) is 4. The second kappa shape index (κ2) is 8.15. The zero-order valence-electron chi connectivity index (χ0n) is 16.3. The van der Waals surface area contributed by atoms with Crippen molar-refractivity contribution in [2.45, 2.75) is 12.5 Å². The number of hydrogen-bond donors (Lipinski definition) is 0. The Morgan fingerprint density at radius 1 is 1.17 bits per heavy atom. The monoisotopic (exact) mass is 393 g/mol. The second-order valence-electron chi connectivity index (χ2n) is 6.72. The van der Waals surface area contributed by atoms with Crippen LogP contribution < -0.4 is 4.74 Å². The summed E-state index contributed by atoms with van der Waals surface area (Å²) in [7, 11) is 4.56. The first kappa shape index (κ1) is 20.1. The number of amides is 2. The summed E-state index contributed by atoms with van der Waals surface area (Å²) in [6, 6.07) is 12.2. The van der Waals surface area contributed by atoms with Crippen molar-refractivity contribution in [2.24, 2.45) is 0 Å². The lowest BCUT2D eigenvalue weighted by atomic mass is 9.99. The summed E-state index contributed by atoms with van der Waals surface area (Å²) < 4.78 is 18.5. The number of ether oxygens (including phenoxy) is 1. The number of benzene rings is 2. The van der Waals surface area contributed by atoms with Crippen molar-refractivity contribution in [1.29, 1.82) is 5.26 Å². The van der Waals surface area contributed by atoms with Crippen molar-refractivity contribution in [3.8, 4) is 11.8 Å². The largest absolute Gasteiger partial charge is 0.496 e. The van der Waals surface area contributed by atoms with E-state index in [1.165, 1.54) is 42.2 Å². The molecule has 1 aliphatic rings. The molecular formula is C22H20FN3O3. The lowest BCUT2D eigenvalue weighted by Crippen LogP contribution is -2.56.